The van der Waals surface area contributed by atoms with Crippen LogP contribution in [0, 0.1) is 12.7 Å². The lowest BCUT2D eigenvalue weighted by molar-refractivity contribution is 0.102. The maximum Gasteiger partial charge on any atom is 0.220 e. The van der Waals surface area contributed by atoms with Gasteiger partial charge in [-0.15, -0.1) is 0 Å². The van der Waals surface area contributed by atoms with E-state index < -0.39 is 0 Å². The van der Waals surface area contributed by atoms with Gasteiger partial charge in [-0.2, -0.15) is 0 Å². The van der Waals surface area contributed by atoms with E-state index in [0.29, 0.717) is 22.1 Å². The molecular weight excluding hydrogens is 259 g/mol. The normalized spacial score (nSPS) is 10.1. The van der Waals surface area contributed by atoms with Gasteiger partial charge in [0.25, 0.3) is 0 Å². The molecule has 0 spiro atoms. The van der Waals surface area contributed by atoms with Crippen molar-refractivity contribution in [3.05, 3.63) is 35.1 Å². The molecule has 0 amide bonds. The van der Waals surface area contributed by atoms with Gasteiger partial charge in [0.05, 0.1) is 12.4 Å². The third kappa shape index (κ3) is 4.44. The Balaban J connectivity index is 2.58. The van der Waals surface area contributed by atoms with E-state index in [9.17, 15) is 9.18 Å². The maximum absolute atomic E-state index is 13.0. The Bertz CT molecular complexity index is 433. The fraction of sp³-hybridized carbons (Fsp3) is 0.333. The summed E-state index contributed by atoms with van der Waals surface area (Å²) in [6.07, 6.45) is 0. The van der Waals surface area contributed by atoms with Crippen LogP contribution in [0.25, 0.3) is 0 Å². The first-order valence-electron chi connectivity index (χ1n) is 5.13. The van der Waals surface area contributed by atoms with Gasteiger partial charge in [0.1, 0.15) is 5.82 Å². The topological polar surface area (TPSA) is 26.3 Å². The molecule has 0 saturated heterocycles. The van der Waals surface area contributed by atoms with Crippen molar-refractivity contribution in [3.63, 3.8) is 0 Å². The Morgan fingerprint density at radius 2 is 2.24 bits per heavy atom. The number of benzene rings is 1. The second kappa shape index (κ2) is 6.71. The van der Waals surface area contributed by atoms with E-state index in [-0.39, 0.29) is 17.4 Å². The van der Waals surface area contributed by atoms with Crippen molar-refractivity contribution in [2.24, 2.45) is 0 Å². The zero-order chi connectivity index (χ0) is 12.8. The van der Waals surface area contributed by atoms with Crippen LogP contribution in [0.5, 0.6) is 0 Å². The van der Waals surface area contributed by atoms with E-state index in [0.717, 1.165) is 0 Å². The molecule has 92 valence electrons. The van der Waals surface area contributed by atoms with Gasteiger partial charge in [-0.25, -0.2) is 4.39 Å². The van der Waals surface area contributed by atoms with Gasteiger partial charge >= 0.3 is 0 Å². The zero-order valence-corrected chi connectivity index (χ0v) is 11.3. The molecule has 0 aliphatic carbocycles. The number of hydrogen-bond donors (Lipinski definition) is 0. The number of halogens is 1. The summed E-state index contributed by atoms with van der Waals surface area (Å²) in [6.45, 7) is 3.96. The van der Waals surface area contributed by atoms with Crippen molar-refractivity contribution in [3.8, 4) is 0 Å². The average molecular weight is 272 g/mol. The van der Waals surface area contributed by atoms with E-state index >= 15 is 0 Å². The molecule has 0 saturated carbocycles. The van der Waals surface area contributed by atoms with Crippen LogP contribution in [0.4, 0.5) is 4.39 Å². The minimum absolute atomic E-state index is 0.0832. The summed E-state index contributed by atoms with van der Waals surface area (Å²) in [7, 11) is 0. The highest BCUT2D eigenvalue weighted by Gasteiger charge is 2.09. The monoisotopic (exact) mass is 272 g/mol. The molecule has 1 aromatic carbocycles. The highest BCUT2D eigenvalue weighted by Crippen LogP contribution is 2.13. The number of carbonyl (C=O) groups excluding carboxylic acids is 1. The SMILES string of the molecule is CCOC(=S)SCC(=O)c1ccc(F)c(C)c1. The number of thiocarbonyl (C=S) groups is 1. The van der Waals surface area contributed by atoms with E-state index in [1.54, 1.807) is 13.0 Å². The summed E-state index contributed by atoms with van der Waals surface area (Å²) >= 11 is 6.08. The molecule has 5 heteroatoms. The van der Waals surface area contributed by atoms with Crippen molar-refractivity contribution in [2.45, 2.75) is 13.8 Å². The molecule has 0 radical (unpaired) electrons. The van der Waals surface area contributed by atoms with Crippen LogP contribution in [-0.4, -0.2) is 22.5 Å². The number of carbonyl (C=O) groups is 1. The minimum Gasteiger partial charge on any atom is -0.479 e. The first-order chi connectivity index (χ1) is 8.04. The molecule has 0 heterocycles. The highest BCUT2D eigenvalue weighted by molar-refractivity contribution is 8.23. The number of rotatable bonds is 4. The smallest absolute Gasteiger partial charge is 0.220 e. The van der Waals surface area contributed by atoms with Gasteiger partial charge in [0.15, 0.2) is 5.78 Å². The van der Waals surface area contributed by atoms with Gasteiger partial charge in [0.2, 0.25) is 4.38 Å². The Morgan fingerprint density at radius 1 is 1.53 bits per heavy atom. The molecule has 0 aliphatic rings. The number of thioether (sulfide) groups is 1. The Labute approximate surface area is 110 Å². The first-order valence-corrected chi connectivity index (χ1v) is 6.53. The van der Waals surface area contributed by atoms with Crippen LogP contribution in [0.15, 0.2) is 18.2 Å². The van der Waals surface area contributed by atoms with Crippen molar-refractivity contribution < 1.29 is 13.9 Å². The predicted molar refractivity (Wildman–Crippen MR) is 72.1 cm³/mol. The zero-order valence-electron chi connectivity index (χ0n) is 9.66. The fourth-order valence-corrected chi connectivity index (χ4v) is 2.10. The lowest BCUT2D eigenvalue weighted by Crippen LogP contribution is -2.06. The fourth-order valence-electron chi connectivity index (χ4n) is 1.19. The summed E-state index contributed by atoms with van der Waals surface area (Å²) in [5.41, 5.74) is 0.962. The highest BCUT2D eigenvalue weighted by atomic mass is 32.2. The molecule has 0 fully saturated rings. The molecule has 0 atom stereocenters. The molecule has 1 aromatic rings. The van der Waals surface area contributed by atoms with Crippen LogP contribution >= 0.6 is 24.0 Å². The summed E-state index contributed by atoms with van der Waals surface area (Å²) < 4.78 is 18.4. The molecule has 0 aromatic heterocycles. The molecule has 2 nitrogen and oxygen atoms in total. The molecular formula is C12H13FO2S2. The lowest BCUT2D eigenvalue weighted by atomic mass is 10.1. The van der Waals surface area contributed by atoms with Crippen molar-refractivity contribution in [1.82, 2.24) is 0 Å². The van der Waals surface area contributed by atoms with Crippen LogP contribution in [0.1, 0.15) is 22.8 Å². The number of Topliss-reactive ketones (excluding diaryl/α,β-unsaturated/α-hetero) is 1. The standard InChI is InChI=1S/C12H13FO2S2/c1-3-15-12(16)17-7-11(14)9-4-5-10(13)8(2)6-9/h4-6H,3,7H2,1-2H3. The second-order valence-electron chi connectivity index (χ2n) is 3.36. The lowest BCUT2D eigenvalue weighted by Gasteiger charge is -2.04. The van der Waals surface area contributed by atoms with E-state index in [2.05, 4.69) is 0 Å². The van der Waals surface area contributed by atoms with E-state index in [4.69, 9.17) is 17.0 Å². The second-order valence-corrected chi connectivity index (χ2v) is 4.94. The summed E-state index contributed by atoms with van der Waals surface area (Å²) in [6, 6.07) is 4.32. The first kappa shape index (κ1) is 14.1. The quantitative estimate of drug-likeness (QED) is 0.620. The molecule has 1 rings (SSSR count). The van der Waals surface area contributed by atoms with Gasteiger partial charge in [-0.3, -0.25) is 4.79 Å². The minimum atomic E-state index is -0.306. The Hall–Kier alpha value is -0.940. The van der Waals surface area contributed by atoms with Crippen LogP contribution in [0.3, 0.4) is 0 Å². The van der Waals surface area contributed by atoms with Gasteiger partial charge < -0.3 is 4.74 Å². The average Bonchev–Trinajstić information content (AvgIpc) is 2.30. The van der Waals surface area contributed by atoms with Crippen molar-refractivity contribution in [1.29, 1.82) is 0 Å². The number of aryl methyl sites for hydroxylation is 1. The van der Waals surface area contributed by atoms with Crippen LogP contribution < -0.4 is 0 Å². The van der Waals surface area contributed by atoms with Crippen molar-refractivity contribution >= 4 is 34.1 Å². The van der Waals surface area contributed by atoms with Crippen LogP contribution in [-0.2, 0) is 4.74 Å². The molecule has 0 unspecified atom stereocenters. The van der Waals surface area contributed by atoms with Gasteiger partial charge in [-0.1, -0.05) is 11.8 Å². The number of ether oxygens (including phenoxy) is 1. The molecule has 0 N–H and O–H groups in total. The van der Waals surface area contributed by atoms with Crippen molar-refractivity contribution in [2.75, 3.05) is 12.4 Å². The summed E-state index contributed by atoms with van der Waals surface area (Å²) in [4.78, 5) is 11.8. The third-order valence-corrected chi connectivity index (χ3v) is 3.29. The summed E-state index contributed by atoms with van der Waals surface area (Å²) in [5, 5.41) is 0. The number of ketones is 1. The Kier molecular flexibility index (Phi) is 5.58. The molecule has 17 heavy (non-hydrogen) atoms. The van der Waals surface area contributed by atoms with Crippen LogP contribution in [0.2, 0.25) is 0 Å². The largest absolute Gasteiger partial charge is 0.479 e. The molecule has 0 aliphatic heterocycles. The van der Waals surface area contributed by atoms with E-state index in [1.165, 1.54) is 23.9 Å². The summed E-state index contributed by atoms with van der Waals surface area (Å²) in [5.74, 6) is -0.177. The number of hydrogen-bond acceptors (Lipinski definition) is 4. The van der Waals surface area contributed by atoms with Gasteiger partial charge in [0, 0.05) is 5.56 Å². The van der Waals surface area contributed by atoms with Gasteiger partial charge in [-0.05, 0) is 49.8 Å². The third-order valence-electron chi connectivity index (χ3n) is 2.06. The maximum atomic E-state index is 13.0. The van der Waals surface area contributed by atoms with E-state index in [1.807, 2.05) is 6.92 Å². The molecule has 0 bridgehead atoms. The Morgan fingerprint density at radius 3 is 2.82 bits per heavy atom. The predicted octanol–water partition coefficient (Wildman–Crippen LogP) is 3.37.